The summed E-state index contributed by atoms with van der Waals surface area (Å²) in [5, 5.41) is 0.985. The third-order valence-electron chi connectivity index (χ3n) is 2.28. The van der Waals surface area contributed by atoms with Gasteiger partial charge in [-0.2, -0.15) is 0 Å². The van der Waals surface area contributed by atoms with Crippen LogP contribution in [0, 0.1) is 3.57 Å². The molecule has 0 aliphatic heterocycles. The fourth-order valence-electron chi connectivity index (χ4n) is 1.44. The zero-order chi connectivity index (χ0) is 14.3. The molecule has 0 radical (unpaired) electrons. The summed E-state index contributed by atoms with van der Waals surface area (Å²) in [6, 6.07) is 1.78. The van der Waals surface area contributed by atoms with Gasteiger partial charge in [-0.05, 0) is 28.7 Å². The number of halogens is 7. The minimum absolute atomic E-state index is 0.108. The second kappa shape index (κ2) is 6.30. The predicted molar refractivity (Wildman–Crippen MR) is 92.5 cm³/mol. The van der Waals surface area contributed by atoms with Gasteiger partial charge in [0.25, 0.3) is 0 Å². The normalized spacial score (nSPS) is 10.9. The van der Waals surface area contributed by atoms with E-state index in [4.69, 9.17) is 69.6 Å². The Balaban J connectivity index is 2.87. The lowest BCUT2D eigenvalue weighted by Crippen LogP contribution is -1.90. The highest BCUT2D eigenvalue weighted by Crippen LogP contribution is 2.49. The number of aromatic nitrogens is 1. The Morgan fingerprint density at radius 2 is 1.26 bits per heavy atom. The quantitative estimate of drug-likeness (QED) is 0.178. The molecule has 2 aromatic rings. The molecule has 0 saturated carbocycles. The fourth-order valence-corrected chi connectivity index (χ4v) is 3.43. The molecule has 0 unspecified atom stereocenters. The summed E-state index contributed by atoms with van der Waals surface area (Å²) in [6.07, 6.45) is 1.62. The van der Waals surface area contributed by atoms with Gasteiger partial charge < -0.3 is 0 Å². The van der Waals surface area contributed by atoms with Crippen LogP contribution in [-0.4, -0.2) is 4.98 Å². The SMILES string of the molecule is Clc1ncc(I)cc1-c1c(Cl)c(Cl)c(Cl)c(Cl)c1Cl. The van der Waals surface area contributed by atoms with E-state index in [1.54, 1.807) is 12.3 Å². The van der Waals surface area contributed by atoms with Gasteiger partial charge >= 0.3 is 0 Å². The van der Waals surface area contributed by atoms with Crippen LogP contribution in [0.1, 0.15) is 0 Å². The maximum Gasteiger partial charge on any atom is 0.137 e. The summed E-state index contributed by atoms with van der Waals surface area (Å²) in [5.74, 6) is 0. The summed E-state index contributed by atoms with van der Waals surface area (Å²) >= 11 is 38.5. The first-order valence-electron chi connectivity index (χ1n) is 4.67. The van der Waals surface area contributed by atoms with Crippen LogP contribution in [-0.2, 0) is 0 Å². The lowest BCUT2D eigenvalue weighted by molar-refractivity contribution is 1.31. The highest BCUT2D eigenvalue weighted by molar-refractivity contribution is 14.1. The van der Waals surface area contributed by atoms with E-state index in [9.17, 15) is 0 Å². The minimum Gasteiger partial charge on any atom is -0.243 e. The summed E-state index contributed by atoms with van der Waals surface area (Å²) in [4.78, 5) is 4.04. The summed E-state index contributed by atoms with van der Waals surface area (Å²) in [5.41, 5.74) is 0.961. The Hall–Kier alpha value is 0.840. The first-order valence-corrected chi connectivity index (χ1v) is 8.02. The molecular formula is C11H2Cl6IN. The first kappa shape index (κ1) is 16.2. The molecule has 100 valence electrons. The molecule has 2 rings (SSSR count). The van der Waals surface area contributed by atoms with Crippen LogP contribution in [0.5, 0.6) is 0 Å². The molecule has 0 spiro atoms. The zero-order valence-corrected chi connectivity index (χ0v) is 15.4. The van der Waals surface area contributed by atoms with Crippen LogP contribution in [0.15, 0.2) is 12.3 Å². The molecule has 0 bridgehead atoms. The second-order valence-electron chi connectivity index (χ2n) is 3.44. The molecule has 1 nitrogen and oxygen atoms in total. The molecule has 0 fully saturated rings. The molecule has 0 atom stereocenters. The topological polar surface area (TPSA) is 12.9 Å². The molecule has 19 heavy (non-hydrogen) atoms. The first-order chi connectivity index (χ1) is 8.84. The van der Waals surface area contributed by atoms with Crippen molar-refractivity contribution in [1.82, 2.24) is 4.98 Å². The summed E-state index contributed by atoms with van der Waals surface area (Å²) in [6.45, 7) is 0. The van der Waals surface area contributed by atoms with E-state index in [2.05, 4.69) is 27.6 Å². The number of nitrogens with zero attached hydrogens (tertiary/aromatic N) is 1. The third-order valence-corrected chi connectivity index (χ3v) is 5.45. The number of hydrogen-bond donors (Lipinski definition) is 0. The van der Waals surface area contributed by atoms with Crippen LogP contribution >= 0.6 is 92.2 Å². The Morgan fingerprint density at radius 3 is 1.79 bits per heavy atom. The maximum atomic E-state index is 6.19. The fraction of sp³-hybridized carbons (Fsp3) is 0. The van der Waals surface area contributed by atoms with Crippen molar-refractivity contribution < 1.29 is 0 Å². The highest BCUT2D eigenvalue weighted by Gasteiger charge is 2.22. The molecule has 0 N–H and O–H groups in total. The Kier molecular flexibility index (Phi) is 5.38. The van der Waals surface area contributed by atoms with E-state index >= 15 is 0 Å². The molecule has 0 amide bonds. The van der Waals surface area contributed by atoms with Crippen molar-refractivity contribution in [1.29, 1.82) is 0 Å². The average molecular weight is 488 g/mol. The Morgan fingerprint density at radius 1 is 0.789 bits per heavy atom. The molecule has 0 aliphatic carbocycles. The molecule has 1 heterocycles. The highest BCUT2D eigenvalue weighted by atomic mass is 127. The monoisotopic (exact) mass is 485 g/mol. The maximum absolute atomic E-state index is 6.19. The Bertz CT molecular complexity index is 644. The Labute approximate surface area is 153 Å². The van der Waals surface area contributed by atoms with Crippen LogP contribution < -0.4 is 0 Å². The molecule has 0 aliphatic rings. The smallest absolute Gasteiger partial charge is 0.137 e. The standard InChI is InChI=1S/C11H2Cl6IN/c12-6-5(4-1-3(18)2-19-11(4)17)7(13)9(15)10(16)8(6)14/h1-2H. The summed E-state index contributed by atoms with van der Waals surface area (Å²) in [7, 11) is 0. The lowest BCUT2D eigenvalue weighted by atomic mass is 10.1. The van der Waals surface area contributed by atoms with Gasteiger partial charge in [0.15, 0.2) is 0 Å². The molecular weight excluding hydrogens is 486 g/mol. The third kappa shape index (κ3) is 3.05. The molecule has 1 aromatic heterocycles. The number of rotatable bonds is 1. The van der Waals surface area contributed by atoms with Gasteiger partial charge in [0.05, 0.1) is 25.1 Å². The lowest BCUT2D eigenvalue weighted by Gasteiger charge is -2.13. The van der Waals surface area contributed by atoms with E-state index in [0.717, 1.165) is 3.57 Å². The number of benzene rings is 1. The van der Waals surface area contributed by atoms with Gasteiger partial charge in [0, 0.05) is 20.9 Å². The number of hydrogen-bond acceptors (Lipinski definition) is 1. The number of pyridine rings is 1. The minimum atomic E-state index is 0.108. The van der Waals surface area contributed by atoms with Crippen molar-refractivity contribution >= 4 is 92.2 Å². The van der Waals surface area contributed by atoms with Crippen molar-refractivity contribution in [2.75, 3.05) is 0 Å². The summed E-state index contributed by atoms with van der Waals surface area (Å²) < 4.78 is 0.867. The molecule has 1 aromatic carbocycles. The van der Waals surface area contributed by atoms with Crippen molar-refractivity contribution in [3.8, 4) is 11.1 Å². The van der Waals surface area contributed by atoms with Crippen LogP contribution in [0.4, 0.5) is 0 Å². The van der Waals surface area contributed by atoms with Gasteiger partial charge in [0.1, 0.15) is 5.15 Å². The van der Waals surface area contributed by atoms with Crippen LogP contribution in [0.2, 0.25) is 30.3 Å². The van der Waals surface area contributed by atoms with E-state index in [-0.39, 0.29) is 30.3 Å². The van der Waals surface area contributed by atoms with Crippen LogP contribution in [0.25, 0.3) is 11.1 Å². The van der Waals surface area contributed by atoms with E-state index in [0.29, 0.717) is 11.1 Å². The van der Waals surface area contributed by atoms with Gasteiger partial charge in [0.2, 0.25) is 0 Å². The van der Waals surface area contributed by atoms with Crippen LogP contribution in [0.3, 0.4) is 0 Å². The van der Waals surface area contributed by atoms with E-state index in [1.165, 1.54) is 0 Å². The van der Waals surface area contributed by atoms with E-state index in [1.807, 2.05) is 0 Å². The second-order valence-corrected chi connectivity index (χ2v) is 6.93. The molecule has 0 saturated heterocycles. The van der Waals surface area contributed by atoms with Crippen molar-refractivity contribution in [2.24, 2.45) is 0 Å². The average Bonchev–Trinajstić information content (AvgIpc) is 2.38. The van der Waals surface area contributed by atoms with Crippen molar-refractivity contribution in [2.45, 2.75) is 0 Å². The largest absolute Gasteiger partial charge is 0.243 e. The van der Waals surface area contributed by atoms with Gasteiger partial charge in [-0.1, -0.05) is 69.6 Å². The zero-order valence-electron chi connectivity index (χ0n) is 8.75. The van der Waals surface area contributed by atoms with Gasteiger partial charge in [-0.25, -0.2) is 4.98 Å². The van der Waals surface area contributed by atoms with Crippen molar-refractivity contribution in [3.05, 3.63) is 46.1 Å². The molecule has 8 heteroatoms. The van der Waals surface area contributed by atoms with E-state index < -0.39 is 0 Å². The van der Waals surface area contributed by atoms with Gasteiger partial charge in [-0.3, -0.25) is 0 Å². The van der Waals surface area contributed by atoms with Crippen molar-refractivity contribution in [3.63, 3.8) is 0 Å². The predicted octanol–water partition coefficient (Wildman–Crippen LogP) is 7.27. The van der Waals surface area contributed by atoms with Gasteiger partial charge in [-0.15, -0.1) is 0 Å².